The number of piperazine rings is 1. The molecular weight excluding hydrogens is 452 g/mol. The van der Waals surface area contributed by atoms with Gasteiger partial charge in [-0.05, 0) is 18.8 Å². The van der Waals surface area contributed by atoms with Crippen molar-refractivity contribution in [1.29, 1.82) is 0 Å². The van der Waals surface area contributed by atoms with Crippen molar-refractivity contribution in [2.24, 2.45) is 11.3 Å². The van der Waals surface area contributed by atoms with Crippen LogP contribution in [0.4, 0.5) is 0 Å². The van der Waals surface area contributed by atoms with Gasteiger partial charge in [-0.2, -0.15) is 0 Å². The van der Waals surface area contributed by atoms with Crippen LogP contribution < -0.4 is 5.32 Å². The van der Waals surface area contributed by atoms with E-state index in [2.05, 4.69) is 15.3 Å². The molecular formula is C24H38N6O5. The Bertz CT molecular complexity index is 877. The number of hydroxylamine groups is 2. The van der Waals surface area contributed by atoms with Gasteiger partial charge in [0, 0.05) is 32.4 Å². The first kappa shape index (κ1) is 28.2. The molecule has 1 aliphatic rings. The molecule has 1 unspecified atom stereocenters. The first-order valence-electron chi connectivity index (χ1n) is 12.1. The average molecular weight is 491 g/mol. The van der Waals surface area contributed by atoms with Crippen molar-refractivity contribution in [3.8, 4) is 0 Å². The van der Waals surface area contributed by atoms with Gasteiger partial charge in [0.25, 0.3) is 5.91 Å². The largest absolute Gasteiger partial charge is 0.344 e. The second-order valence-corrected chi connectivity index (χ2v) is 10.0. The lowest BCUT2D eigenvalue weighted by Crippen LogP contribution is -2.60. The van der Waals surface area contributed by atoms with Crippen molar-refractivity contribution in [3.05, 3.63) is 23.8 Å². The number of amides is 4. The zero-order valence-corrected chi connectivity index (χ0v) is 21.4. The molecule has 1 aliphatic heterocycles. The third-order valence-electron chi connectivity index (χ3n) is 6.08. The van der Waals surface area contributed by atoms with Crippen molar-refractivity contribution in [2.45, 2.75) is 59.9 Å². The molecule has 1 saturated heterocycles. The Morgan fingerprint density at radius 1 is 1.14 bits per heavy atom. The van der Waals surface area contributed by atoms with Crippen LogP contribution >= 0.6 is 0 Å². The van der Waals surface area contributed by atoms with Crippen LogP contribution in [0.3, 0.4) is 0 Å². The summed E-state index contributed by atoms with van der Waals surface area (Å²) in [7, 11) is 0. The average Bonchev–Trinajstić information content (AvgIpc) is 2.83. The predicted molar refractivity (Wildman–Crippen MR) is 128 cm³/mol. The van der Waals surface area contributed by atoms with Crippen LogP contribution in [-0.2, 0) is 14.4 Å². The van der Waals surface area contributed by atoms with E-state index < -0.39 is 17.4 Å². The Balaban J connectivity index is 2.06. The van der Waals surface area contributed by atoms with Crippen molar-refractivity contribution < 1.29 is 24.4 Å². The van der Waals surface area contributed by atoms with E-state index in [1.54, 1.807) is 22.9 Å². The van der Waals surface area contributed by atoms with E-state index in [0.29, 0.717) is 37.7 Å². The van der Waals surface area contributed by atoms with Gasteiger partial charge in [-0.25, -0.2) is 10.0 Å². The van der Waals surface area contributed by atoms with Gasteiger partial charge >= 0.3 is 0 Å². The van der Waals surface area contributed by atoms with E-state index in [9.17, 15) is 24.4 Å². The smallest absolute Gasteiger partial charge is 0.274 e. The molecule has 2 N–H and O–H groups in total. The lowest BCUT2D eigenvalue weighted by atomic mass is 9.85. The monoisotopic (exact) mass is 490 g/mol. The molecule has 1 fully saturated rings. The number of rotatable bonds is 10. The Morgan fingerprint density at radius 3 is 2.29 bits per heavy atom. The molecule has 0 spiro atoms. The topological polar surface area (TPSA) is 136 Å². The van der Waals surface area contributed by atoms with Crippen LogP contribution in [0.15, 0.2) is 12.4 Å². The summed E-state index contributed by atoms with van der Waals surface area (Å²) >= 11 is 0. The summed E-state index contributed by atoms with van der Waals surface area (Å²) in [5.41, 5.74) is 0.416. The molecule has 0 radical (unpaired) electrons. The van der Waals surface area contributed by atoms with E-state index in [0.717, 1.165) is 18.5 Å². The second-order valence-electron chi connectivity index (χ2n) is 10.0. The van der Waals surface area contributed by atoms with Gasteiger partial charge in [-0.15, -0.1) is 0 Å². The number of carbonyl (C=O) groups is 4. The standard InChI is InChI=1S/C24H38N6O5/c1-6-7-8-18(15-30(35)16-31)21(32)27-20(24(3,4)5)23(34)29-11-9-28(10-12-29)22(33)19-14-25-17(2)13-26-19/h13-14,16,18,20,35H,6-12,15H2,1-5H3,(H,27,32)/t18?,20-/m1/s1. The molecule has 35 heavy (non-hydrogen) atoms. The number of hydrogen-bond donors (Lipinski definition) is 2. The predicted octanol–water partition coefficient (Wildman–Crippen LogP) is 1.25. The Labute approximate surface area is 206 Å². The van der Waals surface area contributed by atoms with Crippen molar-refractivity contribution in [2.75, 3.05) is 32.7 Å². The minimum atomic E-state index is -0.798. The highest BCUT2D eigenvalue weighted by molar-refractivity contribution is 5.92. The summed E-state index contributed by atoms with van der Waals surface area (Å²) in [6.45, 7) is 10.6. The molecule has 2 atom stereocenters. The number of hydrogen-bond acceptors (Lipinski definition) is 7. The van der Waals surface area contributed by atoms with Gasteiger partial charge in [0.1, 0.15) is 11.7 Å². The lowest BCUT2D eigenvalue weighted by Gasteiger charge is -2.39. The molecule has 2 heterocycles. The minimum Gasteiger partial charge on any atom is -0.344 e. The fourth-order valence-electron chi connectivity index (χ4n) is 3.91. The van der Waals surface area contributed by atoms with Crippen LogP contribution in [0.5, 0.6) is 0 Å². The molecule has 2 rings (SSSR count). The quantitative estimate of drug-likeness (QED) is 0.286. The van der Waals surface area contributed by atoms with E-state index in [1.807, 2.05) is 27.7 Å². The molecule has 1 aromatic rings. The molecule has 0 aromatic carbocycles. The number of nitrogens with zero attached hydrogens (tertiary/aromatic N) is 5. The van der Waals surface area contributed by atoms with E-state index in [1.165, 1.54) is 6.20 Å². The van der Waals surface area contributed by atoms with Crippen LogP contribution in [0.1, 0.15) is 63.1 Å². The highest BCUT2D eigenvalue weighted by Crippen LogP contribution is 2.23. The zero-order valence-electron chi connectivity index (χ0n) is 21.4. The number of unbranched alkanes of at least 4 members (excludes halogenated alkanes) is 1. The Hall–Kier alpha value is -3.08. The molecule has 194 valence electrons. The first-order chi connectivity index (χ1) is 16.5. The van der Waals surface area contributed by atoms with Crippen molar-refractivity contribution >= 4 is 24.1 Å². The SMILES string of the molecule is CCCCC(CN(O)C=O)C(=O)N[C@H](C(=O)N1CCN(C(=O)c2cnc(C)cn2)CC1)C(C)(C)C. The van der Waals surface area contributed by atoms with Gasteiger partial charge in [0.2, 0.25) is 18.2 Å². The number of aromatic nitrogens is 2. The summed E-state index contributed by atoms with van der Waals surface area (Å²) in [5.74, 6) is -1.46. The van der Waals surface area contributed by atoms with E-state index in [-0.39, 0.29) is 36.4 Å². The van der Waals surface area contributed by atoms with Crippen LogP contribution in [0.2, 0.25) is 0 Å². The zero-order chi connectivity index (χ0) is 26.2. The van der Waals surface area contributed by atoms with E-state index in [4.69, 9.17) is 0 Å². The van der Waals surface area contributed by atoms with Gasteiger partial charge < -0.3 is 15.1 Å². The summed E-state index contributed by atoms with van der Waals surface area (Å²) in [6, 6.07) is -0.798. The molecule has 0 aliphatic carbocycles. The van der Waals surface area contributed by atoms with Gasteiger partial charge in [0.05, 0.1) is 24.4 Å². The van der Waals surface area contributed by atoms with Crippen LogP contribution in [0.25, 0.3) is 0 Å². The molecule has 11 heteroatoms. The number of nitrogens with one attached hydrogen (secondary N) is 1. The van der Waals surface area contributed by atoms with Crippen LogP contribution in [-0.4, -0.2) is 92.9 Å². The van der Waals surface area contributed by atoms with Crippen molar-refractivity contribution in [1.82, 2.24) is 30.1 Å². The molecule has 1 aromatic heterocycles. The summed E-state index contributed by atoms with van der Waals surface area (Å²) in [6.07, 6.45) is 5.36. The van der Waals surface area contributed by atoms with Gasteiger partial charge in [-0.3, -0.25) is 29.4 Å². The maximum atomic E-state index is 13.4. The normalized spacial score (nSPS) is 15.8. The first-order valence-corrected chi connectivity index (χ1v) is 12.1. The highest BCUT2D eigenvalue weighted by atomic mass is 16.5. The third-order valence-corrected chi connectivity index (χ3v) is 6.08. The fourth-order valence-corrected chi connectivity index (χ4v) is 3.91. The summed E-state index contributed by atoms with van der Waals surface area (Å²) in [4.78, 5) is 61.7. The van der Waals surface area contributed by atoms with Gasteiger partial charge in [0.15, 0.2) is 0 Å². The summed E-state index contributed by atoms with van der Waals surface area (Å²) < 4.78 is 0. The Morgan fingerprint density at radius 2 is 1.77 bits per heavy atom. The lowest BCUT2D eigenvalue weighted by molar-refractivity contribution is -0.155. The minimum absolute atomic E-state index is 0.136. The van der Waals surface area contributed by atoms with E-state index >= 15 is 0 Å². The van der Waals surface area contributed by atoms with Crippen LogP contribution in [0, 0.1) is 18.3 Å². The molecule has 11 nitrogen and oxygen atoms in total. The maximum Gasteiger partial charge on any atom is 0.274 e. The summed E-state index contributed by atoms with van der Waals surface area (Å²) in [5, 5.41) is 13.0. The Kier molecular flexibility index (Phi) is 10.1. The molecule has 0 saturated carbocycles. The fraction of sp³-hybridized carbons (Fsp3) is 0.667. The number of aryl methyl sites for hydroxylation is 1. The molecule has 0 bridgehead atoms. The second kappa shape index (κ2) is 12.6. The maximum absolute atomic E-state index is 13.4. The highest BCUT2D eigenvalue weighted by Gasteiger charge is 2.38. The molecule has 4 amide bonds. The van der Waals surface area contributed by atoms with Crippen molar-refractivity contribution in [3.63, 3.8) is 0 Å². The number of carbonyl (C=O) groups excluding carboxylic acids is 4. The third kappa shape index (κ3) is 7.98. The van der Waals surface area contributed by atoms with Gasteiger partial charge in [-0.1, -0.05) is 40.5 Å².